The van der Waals surface area contributed by atoms with E-state index in [1.54, 1.807) is 12.1 Å². The maximum atomic E-state index is 9.42. The molecule has 0 unspecified atom stereocenters. The number of hydrogen-bond donors (Lipinski definition) is 3. The Labute approximate surface area is 139 Å². The number of benzene rings is 1. The van der Waals surface area contributed by atoms with Gasteiger partial charge in [-0.3, -0.25) is 4.99 Å². The zero-order chi connectivity index (χ0) is 15.9. The van der Waals surface area contributed by atoms with Crippen LogP contribution in [0.15, 0.2) is 29.3 Å². The normalized spacial score (nSPS) is 20.6. The fourth-order valence-corrected chi connectivity index (χ4v) is 3.66. The van der Waals surface area contributed by atoms with Crippen molar-refractivity contribution in [3.8, 4) is 5.75 Å². The van der Waals surface area contributed by atoms with Crippen LogP contribution in [0.2, 0.25) is 0 Å². The van der Waals surface area contributed by atoms with Crippen molar-refractivity contribution in [1.29, 1.82) is 0 Å². The Morgan fingerprint density at radius 3 is 2.30 bits per heavy atom. The summed E-state index contributed by atoms with van der Waals surface area (Å²) in [4.78, 5) is 4.86. The molecule has 1 aromatic rings. The van der Waals surface area contributed by atoms with Crippen molar-refractivity contribution in [3.05, 3.63) is 24.3 Å². The van der Waals surface area contributed by atoms with E-state index in [-0.39, 0.29) is 0 Å². The zero-order valence-corrected chi connectivity index (χ0v) is 13.9. The highest BCUT2D eigenvalue weighted by molar-refractivity contribution is 5.93. The molecule has 2 aliphatic carbocycles. The number of aliphatic imine (C=N–C) groups is 1. The molecule has 0 aliphatic heterocycles. The van der Waals surface area contributed by atoms with Gasteiger partial charge in [0.25, 0.3) is 0 Å². The summed E-state index contributed by atoms with van der Waals surface area (Å²) in [6.45, 7) is 0.917. The van der Waals surface area contributed by atoms with Crippen LogP contribution in [0.25, 0.3) is 0 Å². The molecule has 126 valence electrons. The number of nitrogens with zero attached hydrogens (tertiary/aromatic N) is 1. The summed E-state index contributed by atoms with van der Waals surface area (Å²) >= 11 is 0. The average molecular weight is 315 g/mol. The van der Waals surface area contributed by atoms with E-state index >= 15 is 0 Å². The molecule has 0 saturated heterocycles. The van der Waals surface area contributed by atoms with Crippen LogP contribution in [0.4, 0.5) is 5.69 Å². The third-order valence-corrected chi connectivity index (χ3v) is 5.06. The lowest BCUT2D eigenvalue weighted by Crippen LogP contribution is -2.38. The number of aromatic hydroxyl groups is 1. The number of anilines is 1. The largest absolute Gasteiger partial charge is 0.508 e. The first-order valence-corrected chi connectivity index (χ1v) is 9.16. The maximum absolute atomic E-state index is 9.42. The molecule has 0 amide bonds. The van der Waals surface area contributed by atoms with Crippen molar-refractivity contribution in [2.24, 2.45) is 10.9 Å². The molecule has 2 fully saturated rings. The summed E-state index contributed by atoms with van der Waals surface area (Å²) in [5.41, 5.74) is 0.968. The van der Waals surface area contributed by atoms with E-state index in [0.29, 0.717) is 11.8 Å². The van der Waals surface area contributed by atoms with Gasteiger partial charge in [-0.05, 0) is 55.9 Å². The molecule has 0 aromatic heterocycles. The van der Waals surface area contributed by atoms with Gasteiger partial charge in [0.1, 0.15) is 5.75 Å². The Morgan fingerprint density at radius 2 is 1.61 bits per heavy atom. The summed E-state index contributed by atoms with van der Waals surface area (Å²) in [6.07, 6.45) is 11.8. The molecular formula is C19H29N3O. The predicted octanol–water partition coefficient (Wildman–Crippen LogP) is 4.27. The first-order valence-electron chi connectivity index (χ1n) is 9.16. The van der Waals surface area contributed by atoms with Gasteiger partial charge in [0.2, 0.25) is 0 Å². The molecule has 4 nitrogen and oxygen atoms in total. The molecule has 3 rings (SSSR count). The number of guanidine groups is 1. The molecule has 1 aromatic carbocycles. The van der Waals surface area contributed by atoms with Gasteiger partial charge < -0.3 is 15.7 Å². The van der Waals surface area contributed by atoms with Crippen LogP contribution in [0.1, 0.15) is 57.8 Å². The van der Waals surface area contributed by atoms with E-state index in [1.807, 2.05) is 12.1 Å². The number of phenolic OH excluding ortho intramolecular Hbond substituents is 1. The molecule has 23 heavy (non-hydrogen) atoms. The highest BCUT2D eigenvalue weighted by atomic mass is 16.3. The molecular weight excluding hydrogens is 286 g/mol. The molecule has 4 heteroatoms. The summed E-state index contributed by atoms with van der Waals surface area (Å²) in [6, 6.07) is 7.74. The fourth-order valence-electron chi connectivity index (χ4n) is 3.66. The predicted molar refractivity (Wildman–Crippen MR) is 96.0 cm³/mol. The standard InChI is InChI=1S/C19H29N3O/c23-18-12-10-17(11-13-18)22-19(21-16-8-4-5-9-16)20-14-15-6-2-1-3-7-15/h10-13,15-16,23H,1-9,14H2,(H2,20,21,22). The molecule has 0 atom stereocenters. The average Bonchev–Trinajstić information content (AvgIpc) is 3.09. The van der Waals surface area contributed by atoms with Crippen molar-refractivity contribution in [1.82, 2.24) is 5.32 Å². The minimum atomic E-state index is 0.292. The van der Waals surface area contributed by atoms with Crippen LogP contribution < -0.4 is 10.6 Å². The summed E-state index contributed by atoms with van der Waals surface area (Å²) in [5.74, 6) is 1.93. The highest BCUT2D eigenvalue weighted by Gasteiger charge is 2.17. The van der Waals surface area contributed by atoms with Crippen LogP contribution in [0.5, 0.6) is 5.75 Å². The van der Waals surface area contributed by atoms with Crippen molar-refractivity contribution in [3.63, 3.8) is 0 Å². The number of rotatable bonds is 4. The van der Waals surface area contributed by atoms with E-state index in [2.05, 4.69) is 10.6 Å². The summed E-state index contributed by atoms with van der Waals surface area (Å²) < 4.78 is 0. The molecule has 0 spiro atoms. The Kier molecular flexibility index (Phi) is 5.78. The van der Waals surface area contributed by atoms with Crippen LogP contribution in [0, 0.1) is 5.92 Å². The van der Waals surface area contributed by atoms with Gasteiger partial charge in [-0.1, -0.05) is 32.1 Å². The Morgan fingerprint density at radius 1 is 0.957 bits per heavy atom. The van der Waals surface area contributed by atoms with Gasteiger partial charge in [0.15, 0.2) is 5.96 Å². The minimum absolute atomic E-state index is 0.292. The fraction of sp³-hybridized carbons (Fsp3) is 0.632. The number of nitrogens with one attached hydrogen (secondary N) is 2. The molecule has 0 heterocycles. The lowest BCUT2D eigenvalue weighted by atomic mass is 9.89. The third kappa shape index (κ3) is 5.15. The van der Waals surface area contributed by atoms with Crippen molar-refractivity contribution < 1.29 is 5.11 Å². The Bertz CT molecular complexity index is 500. The molecule has 0 bridgehead atoms. The molecule has 2 saturated carbocycles. The van der Waals surface area contributed by atoms with Gasteiger partial charge in [-0.25, -0.2) is 0 Å². The maximum Gasteiger partial charge on any atom is 0.196 e. The van der Waals surface area contributed by atoms with Gasteiger partial charge in [-0.15, -0.1) is 0 Å². The van der Waals surface area contributed by atoms with Gasteiger partial charge >= 0.3 is 0 Å². The van der Waals surface area contributed by atoms with E-state index in [0.717, 1.165) is 24.1 Å². The first kappa shape index (κ1) is 16.2. The summed E-state index contributed by atoms with van der Waals surface area (Å²) in [5, 5.41) is 16.4. The van der Waals surface area contributed by atoms with Crippen LogP contribution in [-0.2, 0) is 0 Å². The highest BCUT2D eigenvalue weighted by Crippen LogP contribution is 2.24. The van der Waals surface area contributed by atoms with Crippen LogP contribution in [0.3, 0.4) is 0 Å². The second kappa shape index (κ2) is 8.23. The van der Waals surface area contributed by atoms with Gasteiger partial charge in [-0.2, -0.15) is 0 Å². The zero-order valence-electron chi connectivity index (χ0n) is 13.9. The second-order valence-corrected chi connectivity index (χ2v) is 6.99. The molecule has 2 aliphatic rings. The topological polar surface area (TPSA) is 56.6 Å². The van der Waals surface area contributed by atoms with E-state index in [4.69, 9.17) is 4.99 Å². The second-order valence-electron chi connectivity index (χ2n) is 6.99. The lowest BCUT2D eigenvalue weighted by molar-refractivity contribution is 0.366. The molecule has 0 radical (unpaired) electrons. The van der Waals surface area contributed by atoms with E-state index in [1.165, 1.54) is 57.8 Å². The van der Waals surface area contributed by atoms with Gasteiger partial charge in [0, 0.05) is 18.3 Å². The smallest absolute Gasteiger partial charge is 0.196 e. The first-order chi connectivity index (χ1) is 11.3. The van der Waals surface area contributed by atoms with Crippen LogP contribution in [-0.4, -0.2) is 23.7 Å². The Balaban J connectivity index is 1.62. The van der Waals surface area contributed by atoms with Crippen molar-refractivity contribution in [2.45, 2.75) is 63.8 Å². The van der Waals surface area contributed by atoms with Crippen LogP contribution >= 0.6 is 0 Å². The number of hydrogen-bond acceptors (Lipinski definition) is 2. The Hall–Kier alpha value is -1.71. The van der Waals surface area contributed by atoms with Gasteiger partial charge in [0.05, 0.1) is 0 Å². The van der Waals surface area contributed by atoms with E-state index < -0.39 is 0 Å². The summed E-state index contributed by atoms with van der Waals surface area (Å²) in [7, 11) is 0. The monoisotopic (exact) mass is 315 g/mol. The lowest BCUT2D eigenvalue weighted by Gasteiger charge is -2.22. The molecule has 3 N–H and O–H groups in total. The third-order valence-electron chi connectivity index (χ3n) is 5.06. The van der Waals surface area contributed by atoms with E-state index in [9.17, 15) is 5.11 Å². The van der Waals surface area contributed by atoms with Crippen molar-refractivity contribution >= 4 is 11.6 Å². The SMILES string of the molecule is Oc1ccc(NC(=NCC2CCCCC2)NC2CCCC2)cc1. The minimum Gasteiger partial charge on any atom is -0.508 e. The quantitative estimate of drug-likeness (QED) is 0.442. The number of phenols is 1. The van der Waals surface area contributed by atoms with Crippen molar-refractivity contribution in [2.75, 3.05) is 11.9 Å².